The van der Waals surface area contributed by atoms with Gasteiger partial charge in [0.2, 0.25) is 0 Å². The average Bonchev–Trinajstić information content (AvgIpc) is 2.52. The van der Waals surface area contributed by atoms with Crippen LogP contribution in [-0.4, -0.2) is 6.54 Å². The molecule has 0 aromatic carbocycles. The zero-order valence-electron chi connectivity index (χ0n) is 9.63. The quantitative estimate of drug-likeness (QED) is 0.782. The molecule has 2 heteroatoms. The van der Waals surface area contributed by atoms with E-state index in [1.807, 2.05) is 11.3 Å². The van der Waals surface area contributed by atoms with E-state index in [2.05, 4.69) is 44.5 Å². The molecule has 0 aliphatic rings. The second-order valence-corrected chi connectivity index (χ2v) is 5.23. The predicted octanol–water partition coefficient (Wildman–Crippen LogP) is 3.75. The summed E-state index contributed by atoms with van der Waals surface area (Å²) < 4.78 is 0. The third-order valence-corrected chi connectivity index (χ3v) is 3.38. The minimum Gasteiger partial charge on any atom is -0.310 e. The monoisotopic (exact) mass is 211 g/mol. The van der Waals surface area contributed by atoms with Crippen molar-refractivity contribution in [2.24, 2.45) is 5.92 Å². The summed E-state index contributed by atoms with van der Waals surface area (Å²) in [4.78, 5) is 1.45. The van der Waals surface area contributed by atoms with Gasteiger partial charge in [-0.05, 0) is 42.8 Å². The van der Waals surface area contributed by atoms with Gasteiger partial charge in [-0.25, -0.2) is 0 Å². The van der Waals surface area contributed by atoms with Crippen LogP contribution < -0.4 is 5.32 Å². The van der Waals surface area contributed by atoms with E-state index in [4.69, 9.17) is 0 Å². The van der Waals surface area contributed by atoms with E-state index in [0.717, 1.165) is 6.54 Å². The maximum absolute atomic E-state index is 3.62. The molecule has 1 N–H and O–H groups in total. The van der Waals surface area contributed by atoms with Gasteiger partial charge in [-0.1, -0.05) is 20.8 Å². The van der Waals surface area contributed by atoms with Crippen molar-refractivity contribution in [2.75, 3.05) is 6.54 Å². The highest BCUT2D eigenvalue weighted by Gasteiger charge is 2.16. The fraction of sp³-hybridized carbons (Fsp3) is 0.667. The minimum absolute atomic E-state index is 0.529. The van der Waals surface area contributed by atoms with Crippen molar-refractivity contribution < 1.29 is 0 Å². The van der Waals surface area contributed by atoms with Gasteiger partial charge in [0.15, 0.2) is 0 Å². The first-order valence-electron chi connectivity index (χ1n) is 5.44. The van der Waals surface area contributed by atoms with Crippen molar-refractivity contribution in [3.63, 3.8) is 0 Å². The van der Waals surface area contributed by atoms with Gasteiger partial charge in [-0.3, -0.25) is 0 Å². The number of thiophene rings is 1. The number of hydrogen-bond acceptors (Lipinski definition) is 2. The van der Waals surface area contributed by atoms with Gasteiger partial charge in [-0.15, -0.1) is 11.3 Å². The number of nitrogens with one attached hydrogen (secondary N) is 1. The Bertz CT molecular complexity index is 265. The molecule has 1 aromatic rings. The standard InChI is InChI=1S/C12H21NS/c1-5-7-13-12(9(2)3)11-6-8-14-10(11)4/h6,8-9,12-13H,5,7H2,1-4H3. The van der Waals surface area contributed by atoms with Crippen LogP contribution in [-0.2, 0) is 0 Å². The predicted molar refractivity (Wildman–Crippen MR) is 64.9 cm³/mol. The highest BCUT2D eigenvalue weighted by molar-refractivity contribution is 7.10. The smallest absolute Gasteiger partial charge is 0.0354 e. The molecule has 1 atom stereocenters. The molecule has 1 aromatic heterocycles. The molecular weight excluding hydrogens is 190 g/mol. The molecule has 0 aliphatic heterocycles. The summed E-state index contributed by atoms with van der Waals surface area (Å²) in [6, 6.07) is 2.79. The van der Waals surface area contributed by atoms with E-state index >= 15 is 0 Å². The fourth-order valence-corrected chi connectivity index (χ4v) is 2.47. The molecule has 0 spiro atoms. The number of rotatable bonds is 5. The Hall–Kier alpha value is -0.340. The molecule has 0 saturated carbocycles. The van der Waals surface area contributed by atoms with Crippen LogP contribution in [0.4, 0.5) is 0 Å². The topological polar surface area (TPSA) is 12.0 Å². The molecule has 0 fully saturated rings. The Labute approximate surface area is 91.5 Å². The van der Waals surface area contributed by atoms with E-state index in [-0.39, 0.29) is 0 Å². The first-order chi connectivity index (χ1) is 6.66. The van der Waals surface area contributed by atoms with Gasteiger partial charge < -0.3 is 5.32 Å². The second-order valence-electron chi connectivity index (χ2n) is 4.11. The first-order valence-corrected chi connectivity index (χ1v) is 6.32. The highest BCUT2D eigenvalue weighted by Crippen LogP contribution is 2.27. The summed E-state index contributed by atoms with van der Waals surface area (Å²) in [5.41, 5.74) is 1.48. The van der Waals surface area contributed by atoms with Crippen LogP contribution in [0.25, 0.3) is 0 Å². The molecule has 1 rings (SSSR count). The Morgan fingerprint density at radius 1 is 1.43 bits per heavy atom. The van der Waals surface area contributed by atoms with Crippen molar-refractivity contribution in [1.29, 1.82) is 0 Å². The molecule has 1 nitrogen and oxygen atoms in total. The van der Waals surface area contributed by atoms with E-state index in [9.17, 15) is 0 Å². The van der Waals surface area contributed by atoms with Crippen LogP contribution in [0, 0.1) is 12.8 Å². The lowest BCUT2D eigenvalue weighted by molar-refractivity contribution is 0.412. The summed E-state index contributed by atoms with van der Waals surface area (Å²) in [5.74, 6) is 0.662. The van der Waals surface area contributed by atoms with Crippen LogP contribution >= 0.6 is 11.3 Å². The zero-order valence-corrected chi connectivity index (χ0v) is 10.4. The van der Waals surface area contributed by atoms with Crippen molar-refractivity contribution in [3.05, 3.63) is 21.9 Å². The van der Waals surface area contributed by atoms with Crippen molar-refractivity contribution >= 4 is 11.3 Å². The van der Waals surface area contributed by atoms with E-state index in [1.54, 1.807) is 0 Å². The lowest BCUT2D eigenvalue weighted by Gasteiger charge is -2.22. The molecule has 80 valence electrons. The summed E-state index contributed by atoms with van der Waals surface area (Å²) in [7, 11) is 0. The minimum atomic E-state index is 0.529. The fourth-order valence-electron chi connectivity index (χ4n) is 1.72. The molecule has 0 saturated heterocycles. The third-order valence-electron chi connectivity index (χ3n) is 2.51. The maximum atomic E-state index is 3.62. The summed E-state index contributed by atoms with van der Waals surface area (Å²) in [6.07, 6.45) is 1.20. The summed E-state index contributed by atoms with van der Waals surface area (Å²) >= 11 is 1.84. The number of aryl methyl sites for hydroxylation is 1. The third kappa shape index (κ3) is 2.82. The van der Waals surface area contributed by atoms with E-state index in [1.165, 1.54) is 16.9 Å². The van der Waals surface area contributed by atoms with E-state index in [0.29, 0.717) is 12.0 Å². The Kier molecular flexibility index (Phi) is 4.63. The van der Waals surface area contributed by atoms with Gasteiger partial charge in [0.1, 0.15) is 0 Å². The lowest BCUT2D eigenvalue weighted by atomic mass is 9.96. The normalized spacial score (nSPS) is 13.5. The van der Waals surface area contributed by atoms with E-state index < -0.39 is 0 Å². The average molecular weight is 211 g/mol. The SMILES string of the molecule is CCCNC(c1ccsc1C)C(C)C. The summed E-state index contributed by atoms with van der Waals surface area (Å²) in [5, 5.41) is 5.81. The van der Waals surface area contributed by atoms with Crippen molar-refractivity contribution in [1.82, 2.24) is 5.32 Å². The van der Waals surface area contributed by atoms with Gasteiger partial charge in [0.25, 0.3) is 0 Å². The zero-order chi connectivity index (χ0) is 10.6. The molecular formula is C12H21NS. The largest absolute Gasteiger partial charge is 0.310 e. The Balaban J connectivity index is 2.73. The van der Waals surface area contributed by atoms with Gasteiger partial charge >= 0.3 is 0 Å². The summed E-state index contributed by atoms with van der Waals surface area (Å²) in [6.45, 7) is 10.1. The Morgan fingerprint density at radius 3 is 2.57 bits per heavy atom. The lowest BCUT2D eigenvalue weighted by Crippen LogP contribution is -2.26. The van der Waals surface area contributed by atoms with Gasteiger partial charge in [-0.2, -0.15) is 0 Å². The second kappa shape index (κ2) is 5.52. The molecule has 0 aliphatic carbocycles. The van der Waals surface area contributed by atoms with Crippen LogP contribution in [0.5, 0.6) is 0 Å². The van der Waals surface area contributed by atoms with Crippen LogP contribution in [0.3, 0.4) is 0 Å². The van der Waals surface area contributed by atoms with Crippen LogP contribution in [0.15, 0.2) is 11.4 Å². The molecule has 1 unspecified atom stereocenters. The molecule has 1 heterocycles. The van der Waals surface area contributed by atoms with Gasteiger partial charge in [0, 0.05) is 10.9 Å². The van der Waals surface area contributed by atoms with Crippen LogP contribution in [0.2, 0.25) is 0 Å². The van der Waals surface area contributed by atoms with Gasteiger partial charge in [0.05, 0.1) is 0 Å². The Morgan fingerprint density at radius 2 is 2.14 bits per heavy atom. The molecule has 0 radical (unpaired) electrons. The van der Waals surface area contributed by atoms with Crippen LogP contribution in [0.1, 0.15) is 43.7 Å². The molecule has 14 heavy (non-hydrogen) atoms. The highest BCUT2D eigenvalue weighted by atomic mass is 32.1. The molecule has 0 bridgehead atoms. The molecule has 0 amide bonds. The maximum Gasteiger partial charge on any atom is 0.0354 e. The van der Waals surface area contributed by atoms with Crippen molar-refractivity contribution in [2.45, 2.75) is 40.2 Å². The van der Waals surface area contributed by atoms with Crippen molar-refractivity contribution in [3.8, 4) is 0 Å². The number of hydrogen-bond donors (Lipinski definition) is 1. The first kappa shape index (κ1) is 11.7.